The number of rotatable bonds is 6. The number of nitrogens with two attached hydrogens (primary N) is 1. The van der Waals surface area contributed by atoms with E-state index in [0.29, 0.717) is 5.92 Å². The molecule has 0 spiro atoms. The molecule has 0 saturated heterocycles. The largest absolute Gasteiger partial charge is 0.481 e. The van der Waals surface area contributed by atoms with Crippen LogP contribution in [0.2, 0.25) is 5.02 Å². The molecule has 4 heteroatoms. The number of carboxylic acids is 1. The average Bonchev–Trinajstić information content (AvgIpc) is 2.27. The standard InChI is InChI=1S/C14H20ClNO2/c1-9(11-4-3-5-12(15)7-11)6-10(2)13(16)8-14(17)18/h3-5,7,9-10,13H,6,8,16H2,1-2H3,(H,17,18). The van der Waals surface area contributed by atoms with Gasteiger partial charge in [-0.1, -0.05) is 37.6 Å². The molecule has 0 fully saturated rings. The van der Waals surface area contributed by atoms with E-state index in [2.05, 4.69) is 6.92 Å². The second-order valence-corrected chi connectivity index (χ2v) is 5.37. The zero-order chi connectivity index (χ0) is 13.7. The van der Waals surface area contributed by atoms with E-state index in [0.717, 1.165) is 17.0 Å². The molecule has 100 valence electrons. The maximum atomic E-state index is 10.6. The molecule has 0 aliphatic carbocycles. The molecule has 0 aliphatic rings. The molecule has 0 aliphatic heterocycles. The Bertz CT molecular complexity index is 409. The quantitative estimate of drug-likeness (QED) is 0.833. The van der Waals surface area contributed by atoms with Crippen LogP contribution in [0, 0.1) is 5.92 Å². The van der Waals surface area contributed by atoms with Crippen molar-refractivity contribution in [1.29, 1.82) is 0 Å². The molecule has 0 aromatic heterocycles. The number of carbonyl (C=O) groups is 1. The maximum absolute atomic E-state index is 10.6. The van der Waals surface area contributed by atoms with Crippen LogP contribution in [0.4, 0.5) is 0 Å². The highest BCUT2D eigenvalue weighted by Gasteiger charge is 2.19. The third-order valence-electron chi connectivity index (χ3n) is 3.28. The Morgan fingerprint density at radius 3 is 2.67 bits per heavy atom. The van der Waals surface area contributed by atoms with Crippen molar-refractivity contribution in [3.8, 4) is 0 Å². The summed E-state index contributed by atoms with van der Waals surface area (Å²) in [6.45, 7) is 4.10. The molecule has 3 N–H and O–H groups in total. The van der Waals surface area contributed by atoms with E-state index >= 15 is 0 Å². The molecular weight excluding hydrogens is 250 g/mol. The normalized spacial score (nSPS) is 16.0. The van der Waals surface area contributed by atoms with Gasteiger partial charge in [-0.25, -0.2) is 0 Å². The van der Waals surface area contributed by atoms with Crippen molar-refractivity contribution in [2.24, 2.45) is 11.7 Å². The van der Waals surface area contributed by atoms with Crippen LogP contribution in [-0.2, 0) is 4.79 Å². The molecule has 0 heterocycles. The van der Waals surface area contributed by atoms with E-state index in [1.165, 1.54) is 0 Å². The predicted molar refractivity (Wildman–Crippen MR) is 73.9 cm³/mol. The second kappa shape index (κ2) is 6.76. The Morgan fingerprint density at radius 2 is 2.11 bits per heavy atom. The van der Waals surface area contributed by atoms with Crippen molar-refractivity contribution in [2.45, 2.75) is 38.6 Å². The Morgan fingerprint density at radius 1 is 1.44 bits per heavy atom. The third kappa shape index (κ3) is 4.67. The minimum atomic E-state index is -0.843. The van der Waals surface area contributed by atoms with Crippen LogP contribution in [0.25, 0.3) is 0 Å². The molecule has 1 aromatic carbocycles. The summed E-state index contributed by atoms with van der Waals surface area (Å²) in [4.78, 5) is 10.6. The highest BCUT2D eigenvalue weighted by Crippen LogP contribution is 2.26. The molecule has 0 saturated carbocycles. The van der Waals surface area contributed by atoms with E-state index in [-0.39, 0.29) is 18.4 Å². The van der Waals surface area contributed by atoms with E-state index in [4.69, 9.17) is 22.4 Å². The van der Waals surface area contributed by atoms with Gasteiger partial charge >= 0.3 is 5.97 Å². The van der Waals surface area contributed by atoms with Crippen molar-refractivity contribution in [1.82, 2.24) is 0 Å². The summed E-state index contributed by atoms with van der Waals surface area (Å²) in [6, 6.07) is 7.45. The highest BCUT2D eigenvalue weighted by molar-refractivity contribution is 6.30. The maximum Gasteiger partial charge on any atom is 0.304 e. The summed E-state index contributed by atoms with van der Waals surface area (Å²) in [5.41, 5.74) is 7.03. The summed E-state index contributed by atoms with van der Waals surface area (Å²) < 4.78 is 0. The number of halogens is 1. The van der Waals surface area contributed by atoms with Gasteiger partial charge in [0, 0.05) is 11.1 Å². The summed E-state index contributed by atoms with van der Waals surface area (Å²) >= 11 is 5.95. The minimum absolute atomic E-state index is 0.0173. The molecule has 0 amide bonds. The van der Waals surface area contributed by atoms with Gasteiger partial charge in [-0.3, -0.25) is 4.79 Å². The van der Waals surface area contributed by atoms with Crippen LogP contribution in [0.5, 0.6) is 0 Å². The van der Waals surface area contributed by atoms with Crippen LogP contribution < -0.4 is 5.73 Å². The van der Waals surface area contributed by atoms with E-state index in [1.807, 2.05) is 31.2 Å². The smallest absolute Gasteiger partial charge is 0.304 e. The van der Waals surface area contributed by atoms with Gasteiger partial charge < -0.3 is 10.8 Å². The lowest BCUT2D eigenvalue weighted by Gasteiger charge is -2.22. The van der Waals surface area contributed by atoms with Crippen molar-refractivity contribution >= 4 is 17.6 Å². The number of carboxylic acid groups (broad SMARTS) is 1. The minimum Gasteiger partial charge on any atom is -0.481 e. The Labute approximate surface area is 113 Å². The topological polar surface area (TPSA) is 63.3 Å². The third-order valence-corrected chi connectivity index (χ3v) is 3.52. The van der Waals surface area contributed by atoms with E-state index in [9.17, 15) is 4.79 Å². The van der Waals surface area contributed by atoms with E-state index < -0.39 is 5.97 Å². The molecule has 3 nitrogen and oxygen atoms in total. The molecule has 18 heavy (non-hydrogen) atoms. The molecule has 0 bridgehead atoms. The first-order chi connectivity index (χ1) is 8.40. The van der Waals surface area contributed by atoms with Crippen LogP contribution in [-0.4, -0.2) is 17.1 Å². The second-order valence-electron chi connectivity index (χ2n) is 4.93. The summed E-state index contributed by atoms with van der Waals surface area (Å²) in [7, 11) is 0. The number of benzene rings is 1. The summed E-state index contributed by atoms with van der Waals surface area (Å²) in [5.74, 6) is -0.363. The average molecular weight is 270 g/mol. The number of hydrogen-bond donors (Lipinski definition) is 2. The first-order valence-electron chi connectivity index (χ1n) is 6.13. The van der Waals surface area contributed by atoms with Crippen molar-refractivity contribution in [3.05, 3.63) is 34.9 Å². The van der Waals surface area contributed by atoms with Crippen LogP contribution in [0.15, 0.2) is 24.3 Å². The van der Waals surface area contributed by atoms with E-state index in [1.54, 1.807) is 0 Å². The Balaban J connectivity index is 2.58. The van der Waals surface area contributed by atoms with Gasteiger partial charge in [0.05, 0.1) is 6.42 Å². The van der Waals surface area contributed by atoms with Crippen molar-refractivity contribution in [3.63, 3.8) is 0 Å². The van der Waals surface area contributed by atoms with Crippen LogP contribution >= 0.6 is 11.6 Å². The molecule has 1 rings (SSSR count). The lowest BCUT2D eigenvalue weighted by Crippen LogP contribution is -2.31. The predicted octanol–water partition coefficient (Wildman–Crippen LogP) is 3.27. The fourth-order valence-electron chi connectivity index (χ4n) is 2.08. The van der Waals surface area contributed by atoms with Crippen LogP contribution in [0.1, 0.15) is 38.2 Å². The lowest BCUT2D eigenvalue weighted by atomic mass is 9.86. The molecule has 3 atom stereocenters. The van der Waals surface area contributed by atoms with Gasteiger partial charge in [0.2, 0.25) is 0 Å². The zero-order valence-electron chi connectivity index (χ0n) is 10.8. The SMILES string of the molecule is CC(CC(C)C(N)CC(=O)O)c1cccc(Cl)c1. The number of hydrogen-bond acceptors (Lipinski definition) is 2. The van der Waals surface area contributed by atoms with Gasteiger partial charge in [0.15, 0.2) is 0 Å². The number of aliphatic carboxylic acids is 1. The van der Waals surface area contributed by atoms with Gasteiger partial charge in [-0.2, -0.15) is 0 Å². The molecular formula is C14H20ClNO2. The Hall–Kier alpha value is -1.06. The van der Waals surface area contributed by atoms with Gasteiger partial charge in [0.1, 0.15) is 0 Å². The fraction of sp³-hybridized carbons (Fsp3) is 0.500. The first kappa shape index (κ1) is 15.0. The van der Waals surface area contributed by atoms with Gasteiger partial charge in [-0.05, 0) is 36.0 Å². The molecule has 0 radical (unpaired) electrons. The summed E-state index contributed by atoms with van der Waals surface area (Å²) in [5, 5.41) is 9.45. The van der Waals surface area contributed by atoms with Gasteiger partial charge in [-0.15, -0.1) is 0 Å². The van der Waals surface area contributed by atoms with Crippen molar-refractivity contribution in [2.75, 3.05) is 0 Å². The summed E-state index contributed by atoms with van der Waals surface area (Å²) in [6.07, 6.45) is 0.873. The lowest BCUT2D eigenvalue weighted by molar-refractivity contribution is -0.137. The fourth-order valence-corrected chi connectivity index (χ4v) is 2.28. The van der Waals surface area contributed by atoms with Crippen LogP contribution in [0.3, 0.4) is 0 Å². The molecule has 3 unspecified atom stereocenters. The van der Waals surface area contributed by atoms with Gasteiger partial charge in [0.25, 0.3) is 0 Å². The monoisotopic (exact) mass is 269 g/mol. The highest BCUT2D eigenvalue weighted by atomic mass is 35.5. The molecule has 1 aromatic rings. The Kier molecular flexibility index (Phi) is 5.63. The van der Waals surface area contributed by atoms with Crippen molar-refractivity contribution < 1.29 is 9.90 Å². The first-order valence-corrected chi connectivity index (χ1v) is 6.50. The zero-order valence-corrected chi connectivity index (χ0v) is 11.5.